The number of anilines is 2. The summed E-state index contributed by atoms with van der Waals surface area (Å²) in [4.78, 5) is 2.61. The van der Waals surface area contributed by atoms with Crippen LogP contribution < -0.4 is 25.8 Å². The molecule has 2 heterocycles. The fourth-order valence-corrected chi connectivity index (χ4v) is 12.4. The van der Waals surface area contributed by atoms with Gasteiger partial charge in [-0.3, -0.25) is 0 Å². The highest BCUT2D eigenvalue weighted by Gasteiger charge is 2.49. The molecule has 0 radical (unpaired) electrons. The van der Waals surface area contributed by atoms with Crippen molar-refractivity contribution in [3.8, 4) is 0 Å². The van der Waals surface area contributed by atoms with Crippen LogP contribution in [0.5, 0.6) is 0 Å². The first-order chi connectivity index (χ1) is 21.9. The van der Waals surface area contributed by atoms with Crippen LogP contribution in [0.4, 0.5) is 11.4 Å². The van der Waals surface area contributed by atoms with Gasteiger partial charge < -0.3 is 10.2 Å². The average molecular weight is 583 g/mol. The van der Waals surface area contributed by atoms with E-state index in [-0.39, 0.29) is 12.1 Å². The first-order valence-electron chi connectivity index (χ1n) is 15.5. The third-order valence-electron chi connectivity index (χ3n) is 9.36. The molecule has 0 spiro atoms. The second-order valence-corrected chi connectivity index (χ2v) is 15.4. The topological polar surface area (TPSA) is 15.3 Å². The standard InChI is InChI=1S/C41H34N2Si/c1-5-17-31(18-6-1)37-27-16-30-40(42-37)44(33-21-9-3-10-22-33,34-23-11-4-12-24-34)39-29-15-26-36-35-25-13-14-28-38(35)43(41(36)39)32-19-7-2-8-20-32/h1-30,35,37-38,42H. The van der Waals surface area contributed by atoms with Gasteiger partial charge in [-0.2, -0.15) is 0 Å². The number of benzene rings is 5. The predicted molar refractivity (Wildman–Crippen MR) is 187 cm³/mol. The Hall–Kier alpha value is -5.12. The van der Waals surface area contributed by atoms with Crippen molar-refractivity contribution >= 4 is 35.0 Å². The Morgan fingerprint density at radius 1 is 0.545 bits per heavy atom. The number of nitrogens with one attached hydrogen (secondary N) is 1. The number of rotatable bonds is 6. The lowest BCUT2D eigenvalue weighted by atomic mass is 9.91. The lowest BCUT2D eigenvalue weighted by Crippen LogP contribution is -2.71. The molecule has 0 bridgehead atoms. The minimum atomic E-state index is -2.88. The van der Waals surface area contributed by atoms with E-state index in [0.717, 1.165) is 0 Å². The van der Waals surface area contributed by atoms with Crippen molar-refractivity contribution in [1.82, 2.24) is 5.32 Å². The van der Waals surface area contributed by atoms with Crippen molar-refractivity contribution in [2.45, 2.75) is 18.0 Å². The van der Waals surface area contributed by atoms with E-state index in [4.69, 9.17) is 0 Å². The number of dihydropyridines is 1. The highest BCUT2D eigenvalue weighted by molar-refractivity contribution is 7.16. The number of nitrogens with zero attached hydrogens (tertiary/aromatic N) is 1. The molecule has 0 saturated heterocycles. The molecule has 0 amide bonds. The van der Waals surface area contributed by atoms with E-state index >= 15 is 0 Å². The van der Waals surface area contributed by atoms with Gasteiger partial charge in [0.2, 0.25) is 0 Å². The van der Waals surface area contributed by atoms with E-state index in [0.29, 0.717) is 5.92 Å². The van der Waals surface area contributed by atoms with E-state index < -0.39 is 8.07 Å². The van der Waals surface area contributed by atoms with Gasteiger partial charge in [0.15, 0.2) is 8.07 Å². The molecule has 3 unspecified atom stereocenters. The van der Waals surface area contributed by atoms with Crippen LogP contribution in [0.25, 0.3) is 0 Å². The van der Waals surface area contributed by atoms with Gasteiger partial charge >= 0.3 is 0 Å². The van der Waals surface area contributed by atoms with Gasteiger partial charge in [-0.1, -0.05) is 164 Å². The zero-order valence-corrected chi connectivity index (χ0v) is 25.5. The van der Waals surface area contributed by atoms with Gasteiger partial charge in [-0.05, 0) is 44.9 Å². The predicted octanol–water partition coefficient (Wildman–Crippen LogP) is 7.21. The maximum absolute atomic E-state index is 4.10. The zero-order chi connectivity index (χ0) is 29.3. The first-order valence-corrected chi connectivity index (χ1v) is 17.5. The second kappa shape index (κ2) is 11.2. The van der Waals surface area contributed by atoms with Crippen LogP contribution in [0.15, 0.2) is 187 Å². The first kappa shape index (κ1) is 26.5. The minimum absolute atomic E-state index is 0.0888. The highest BCUT2D eigenvalue weighted by Crippen LogP contribution is 2.47. The summed E-state index contributed by atoms with van der Waals surface area (Å²) < 4.78 is 0. The Balaban J connectivity index is 1.44. The summed E-state index contributed by atoms with van der Waals surface area (Å²) in [5.41, 5.74) is 5.24. The van der Waals surface area contributed by atoms with Crippen molar-refractivity contribution in [3.05, 3.63) is 199 Å². The summed E-state index contributed by atoms with van der Waals surface area (Å²) in [5, 5.41) is 9.55. The monoisotopic (exact) mass is 582 g/mol. The van der Waals surface area contributed by atoms with Crippen molar-refractivity contribution in [3.63, 3.8) is 0 Å². The lowest BCUT2D eigenvalue weighted by molar-refractivity contribution is 0.730. The zero-order valence-electron chi connectivity index (χ0n) is 24.5. The number of fused-ring (bicyclic) bond motifs is 3. The normalized spacial score (nSPS) is 20.0. The largest absolute Gasteiger partial charge is 0.381 e. The summed E-state index contributed by atoms with van der Waals surface area (Å²) in [7, 11) is -2.88. The summed E-state index contributed by atoms with van der Waals surface area (Å²) in [6.07, 6.45) is 16.1. The fourth-order valence-electron chi connectivity index (χ4n) is 7.50. The molecule has 1 N–H and O–H groups in total. The number of hydrogen-bond acceptors (Lipinski definition) is 2. The summed E-state index contributed by atoms with van der Waals surface area (Å²) in [5.74, 6) is 0.290. The average Bonchev–Trinajstić information content (AvgIpc) is 3.46. The van der Waals surface area contributed by atoms with Gasteiger partial charge in [0.25, 0.3) is 0 Å². The smallest absolute Gasteiger partial charge is 0.200 e. The third kappa shape index (κ3) is 4.23. The van der Waals surface area contributed by atoms with Crippen molar-refractivity contribution < 1.29 is 0 Å². The molecule has 0 saturated carbocycles. The van der Waals surface area contributed by atoms with Crippen LogP contribution in [0.3, 0.4) is 0 Å². The molecule has 5 aromatic carbocycles. The van der Waals surface area contributed by atoms with Crippen LogP contribution in [0.1, 0.15) is 23.1 Å². The van der Waals surface area contributed by atoms with E-state index in [9.17, 15) is 0 Å². The Morgan fingerprint density at radius 3 is 1.84 bits per heavy atom. The molecule has 5 aromatic rings. The quantitative estimate of drug-likeness (QED) is 0.168. The SMILES string of the molecule is C1=CC(c2ccccc2)NC([Si](c2ccccc2)(c2ccccc2)c2cccc3c2N(c2ccccc2)C2C=CC=CC32)=C1. The molecule has 3 heteroatoms. The van der Waals surface area contributed by atoms with Crippen molar-refractivity contribution in [2.75, 3.05) is 4.90 Å². The van der Waals surface area contributed by atoms with E-state index in [2.05, 4.69) is 192 Å². The van der Waals surface area contributed by atoms with Crippen molar-refractivity contribution in [2.24, 2.45) is 0 Å². The van der Waals surface area contributed by atoms with E-state index in [1.54, 1.807) is 0 Å². The summed E-state index contributed by atoms with van der Waals surface area (Å²) in [6.45, 7) is 0. The molecule has 0 aromatic heterocycles. The maximum Gasteiger partial charge on any atom is 0.200 e. The Kier molecular flexibility index (Phi) is 6.73. The van der Waals surface area contributed by atoms with Gasteiger partial charge in [-0.25, -0.2) is 0 Å². The van der Waals surface area contributed by atoms with E-state index in [1.807, 2.05) is 0 Å². The van der Waals surface area contributed by atoms with Crippen LogP contribution >= 0.6 is 0 Å². The minimum Gasteiger partial charge on any atom is -0.381 e. The van der Waals surface area contributed by atoms with Crippen LogP contribution in [-0.4, -0.2) is 14.1 Å². The molecule has 3 aliphatic rings. The third-order valence-corrected chi connectivity index (χ3v) is 14.1. The molecule has 0 fully saturated rings. The number of para-hydroxylation sites is 2. The van der Waals surface area contributed by atoms with Gasteiger partial charge in [0.05, 0.1) is 12.1 Å². The fraction of sp³-hybridized carbons (Fsp3) is 0.0732. The van der Waals surface area contributed by atoms with Crippen molar-refractivity contribution in [1.29, 1.82) is 0 Å². The Labute approximate surface area is 261 Å². The molecular formula is C41H34N2Si. The molecule has 44 heavy (non-hydrogen) atoms. The maximum atomic E-state index is 4.10. The lowest BCUT2D eigenvalue weighted by Gasteiger charge is -2.41. The molecule has 3 atom stereocenters. The van der Waals surface area contributed by atoms with Gasteiger partial charge in [0.1, 0.15) is 0 Å². The van der Waals surface area contributed by atoms with Crippen LogP contribution in [0.2, 0.25) is 0 Å². The summed E-state index contributed by atoms with van der Waals surface area (Å²) >= 11 is 0. The molecule has 212 valence electrons. The molecule has 1 aliphatic carbocycles. The number of hydrogen-bond donors (Lipinski definition) is 1. The van der Waals surface area contributed by atoms with Gasteiger partial charge in [0, 0.05) is 22.6 Å². The molecule has 8 rings (SSSR count). The Bertz CT molecular complexity index is 1850. The molecule has 2 nitrogen and oxygen atoms in total. The van der Waals surface area contributed by atoms with E-state index in [1.165, 1.54) is 43.4 Å². The highest BCUT2D eigenvalue weighted by atomic mass is 28.3. The Morgan fingerprint density at radius 2 is 1.16 bits per heavy atom. The summed E-state index contributed by atoms with van der Waals surface area (Å²) in [6, 6.07) is 51.6. The second-order valence-electron chi connectivity index (χ2n) is 11.7. The number of allylic oxidation sites excluding steroid dienone is 4. The van der Waals surface area contributed by atoms with Gasteiger partial charge in [-0.15, -0.1) is 0 Å². The van der Waals surface area contributed by atoms with Crippen LogP contribution in [0, 0.1) is 0 Å². The molecule has 2 aliphatic heterocycles. The molecular weight excluding hydrogens is 549 g/mol. The van der Waals surface area contributed by atoms with Crippen LogP contribution in [-0.2, 0) is 0 Å².